The van der Waals surface area contributed by atoms with Gasteiger partial charge in [-0.05, 0) is 38.5 Å². The van der Waals surface area contributed by atoms with E-state index in [2.05, 4.69) is 30.5 Å². The summed E-state index contributed by atoms with van der Waals surface area (Å²) in [5.74, 6) is -0.886. The number of carbonyl (C=O) groups is 2. The Morgan fingerprint density at radius 1 is 0.532 bits per heavy atom. The van der Waals surface area contributed by atoms with E-state index in [9.17, 15) is 14.2 Å². The number of phosphoric acid groups is 1. The second kappa shape index (κ2) is 34.6. The number of rotatable bonds is 36. The number of hydrogen-bond donors (Lipinski definition) is 2. The van der Waals surface area contributed by atoms with Crippen molar-refractivity contribution in [2.24, 2.45) is 0 Å². The maximum atomic E-state index is 12.4. The molecule has 278 valence electrons. The van der Waals surface area contributed by atoms with Crippen molar-refractivity contribution in [1.29, 1.82) is 0 Å². The highest BCUT2D eigenvalue weighted by molar-refractivity contribution is 7.46. The maximum Gasteiger partial charge on any atom is 0.469 e. The second-order valence-corrected chi connectivity index (χ2v) is 14.5. The Labute approximate surface area is 288 Å². The van der Waals surface area contributed by atoms with Crippen LogP contribution in [0.15, 0.2) is 12.2 Å². The smallest absolute Gasteiger partial charge is 0.462 e. The van der Waals surface area contributed by atoms with Gasteiger partial charge in [-0.3, -0.25) is 14.1 Å². The second-order valence-electron chi connectivity index (χ2n) is 13.3. The zero-order chi connectivity index (χ0) is 34.7. The van der Waals surface area contributed by atoms with Crippen molar-refractivity contribution in [1.82, 2.24) is 0 Å². The van der Waals surface area contributed by atoms with Crippen LogP contribution < -0.4 is 0 Å². The zero-order valence-corrected chi connectivity index (χ0v) is 31.3. The highest BCUT2D eigenvalue weighted by Gasteiger charge is 2.22. The molecule has 0 unspecified atom stereocenters. The van der Waals surface area contributed by atoms with Crippen molar-refractivity contribution in [3.05, 3.63) is 12.2 Å². The zero-order valence-electron chi connectivity index (χ0n) is 30.4. The first-order valence-electron chi connectivity index (χ1n) is 19.5. The van der Waals surface area contributed by atoms with Gasteiger partial charge in [0.05, 0.1) is 6.61 Å². The monoisotopic (exact) mass is 689 g/mol. The third kappa shape index (κ3) is 37.5. The fourth-order valence-corrected chi connectivity index (χ4v) is 5.96. The minimum atomic E-state index is -4.75. The largest absolute Gasteiger partial charge is 0.469 e. The molecule has 0 fully saturated rings. The van der Waals surface area contributed by atoms with E-state index in [-0.39, 0.29) is 19.4 Å². The highest BCUT2D eigenvalue weighted by Crippen LogP contribution is 2.36. The summed E-state index contributed by atoms with van der Waals surface area (Å²) in [6.07, 6.45) is 36.4. The first-order chi connectivity index (χ1) is 22.8. The van der Waals surface area contributed by atoms with E-state index in [1.807, 2.05) is 0 Å². The first kappa shape index (κ1) is 45.8. The lowest BCUT2D eigenvalue weighted by molar-refractivity contribution is -0.161. The van der Waals surface area contributed by atoms with Crippen LogP contribution in [0.25, 0.3) is 0 Å². The SMILES string of the molecule is CCCCCCCC/C=C\CCCCCCCC(=O)OC[C@H](COP(=O)(O)O)OC(=O)CCCCCCCCCCCCCCCC. The molecule has 0 radical (unpaired) electrons. The minimum Gasteiger partial charge on any atom is -0.462 e. The Bertz CT molecular complexity index is 782. The molecule has 0 aliphatic carbocycles. The van der Waals surface area contributed by atoms with Gasteiger partial charge in [-0.1, -0.05) is 161 Å². The van der Waals surface area contributed by atoms with Crippen LogP contribution in [-0.4, -0.2) is 41.0 Å². The molecule has 0 heterocycles. The van der Waals surface area contributed by atoms with Crippen LogP contribution in [-0.2, 0) is 28.2 Å². The van der Waals surface area contributed by atoms with Crippen LogP contribution in [0.4, 0.5) is 0 Å². The van der Waals surface area contributed by atoms with Crippen LogP contribution in [0.5, 0.6) is 0 Å². The topological polar surface area (TPSA) is 119 Å². The molecule has 9 heteroatoms. The van der Waals surface area contributed by atoms with E-state index >= 15 is 0 Å². The van der Waals surface area contributed by atoms with Gasteiger partial charge in [0.25, 0.3) is 0 Å². The van der Waals surface area contributed by atoms with Gasteiger partial charge in [0.2, 0.25) is 0 Å². The molecule has 0 aromatic carbocycles. The third-order valence-electron chi connectivity index (χ3n) is 8.53. The Balaban J connectivity index is 3.94. The van der Waals surface area contributed by atoms with Crippen LogP contribution in [0.1, 0.15) is 200 Å². The number of hydrogen-bond acceptors (Lipinski definition) is 6. The Hall–Kier alpha value is -1.21. The van der Waals surface area contributed by atoms with Gasteiger partial charge in [-0.2, -0.15) is 0 Å². The molecule has 2 N–H and O–H groups in total. The molecule has 47 heavy (non-hydrogen) atoms. The molecule has 0 amide bonds. The molecule has 0 bridgehead atoms. The molecule has 0 spiro atoms. The van der Waals surface area contributed by atoms with Gasteiger partial charge in [-0.25, -0.2) is 4.57 Å². The predicted octanol–water partition coefficient (Wildman–Crippen LogP) is 11.5. The number of phosphoric ester groups is 1. The lowest BCUT2D eigenvalue weighted by Gasteiger charge is -2.18. The van der Waals surface area contributed by atoms with Crippen molar-refractivity contribution in [2.45, 2.75) is 206 Å². The van der Waals surface area contributed by atoms with Gasteiger partial charge >= 0.3 is 19.8 Å². The maximum absolute atomic E-state index is 12.4. The molecule has 0 aromatic rings. The Kier molecular flexibility index (Phi) is 33.8. The molecular formula is C38H73O8P. The fraction of sp³-hybridized carbons (Fsp3) is 0.895. The average Bonchev–Trinajstić information content (AvgIpc) is 3.03. The van der Waals surface area contributed by atoms with Crippen molar-refractivity contribution in [3.63, 3.8) is 0 Å². The number of ether oxygens (including phenoxy) is 2. The molecule has 0 rings (SSSR count). The first-order valence-corrected chi connectivity index (χ1v) is 21.0. The Morgan fingerprint density at radius 2 is 0.894 bits per heavy atom. The van der Waals surface area contributed by atoms with E-state index in [1.54, 1.807) is 0 Å². The van der Waals surface area contributed by atoms with Crippen LogP contribution in [0.3, 0.4) is 0 Å². The average molecular weight is 689 g/mol. The molecule has 0 aliphatic rings. The number of esters is 2. The lowest BCUT2D eigenvalue weighted by Crippen LogP contribution is -2.29. The quantitative estimate of drug-likeness (QED) is 0.0289. The fourth-order valence-electron chi connectivity index (χ4n) is 5.60. The molecule has 1 atom stereocenters. The molecular weight excluding hydrogens is 615 g/mol. The molecule has 0 aliphatic heterocycles. The van der Waals surface area contributed by atoms with Gasteiger partial charge < -0.3 is 19.3 Å². The van der Waals surface area contributed by atoms with Gasteiger partial charge in [0, 0.05) is 12.8 Å². The molecule has 8 nitrogen and oxygen atoms in total. The number of unbranched alkanes of at least 4 members (excludes halogenated alkanes) is 24. The number of allylic oxidation sites excluding steroid dienone is 2. The summed E-state index contributed by atoms with van der Waals surface area (Å²) in [5, 5.41) is 0. The van der Waals surface area contributed by atoms with E-state index in [0.717, 1.165) is 57.8 Å². The summed E-state index contributed by atoms with van der Waals surface area (Å²) < 4.78 is 26.3. The van der Waals surface area contributed by atoms with Gasteiger partial charge in [0.1, 0.15) is 6.61 Å². The van der Waals surface area contributed by atoms with Crippen LogP contribution in [0.2, 0.25) is 0 Å². The van der Waals surface area contributed by atoms with E-state index in [0.29, 0.717) is 6.42 Å². The number of carbonyl (C=O) groups excluding carboxylic acids is 2. The van der Waals surface area contributed by atoms with Gasteiger partial charge in [0.15, 0.2) is 6.10 Å². The lowest BCUT2D eigenvalue weighted by atomic mass is 10.0. The molecule has 0 aromatic heterocycles. The predicted molar refractivity (Wildman–Crippen MR) is 193 cm³/mol. The van der Waals surface area contributed by atoms with E-state index < -0.39 is 32.5 Å². The van der Waals surface area contributed by atoms with Crippen molar-refractivity contribution < 1.29 is 37.9 Å². The minimum absolute atomic E-state index is 0.216. The summed E-state index contributed by atoms with van der Waals surface area (Å²) in [6.45, 7) is 3.68. The summed E-state index contributed by atoms with van der Waals surface area (Å²) in [7, 11) is -4.75. The summed E-state index contributed by atoms with van der Waals surface area (Å²) in [5.41, 5.74) is 0. The summed E-state index contributed by atoms with van der Waals surface area (Å²) in [4.78, 5) is 42.7. The van der Waals surface area contributed by atoms with Crippen LogP contribution >= 0.6 is 7.82 Å². The van der Waals surface area contributed by atoms with E-state index in [4.69, 9.17) is 19.3 Å². The normalized spacial score (nSPS) is 12.5. The summed E-state index contributed by atoms with van der Waals surface area (Å²) in [6, 6.07) is 0. The van der Waals surface area contributed by atoms with Crippen LogP contribution in [0, 0.1) is 0 Å². The summed E-state index contributed by atoms with van der Waals surface area (Å²) >= 11 is 0. The highest BCUT2D eigenvalue weighted by atomic mass is 31.2. The molecule has 0 saturated heterocycles. The third-order valence-corrected chi connectivity index (χ3v) is 9.02. The van der Waals surface area contributed by atoms with Crippen molar-refractivity contribution in [3.8, 4) is 0 Å². The van der Waals surface area contributed by atoms with E-state index in [1.165, 1.54) is 109 Å². The van der Waals surface area contributed by atoms with Gasteiger partial charge in [-0.15, -0.1) is 0 Å². The van der Waals surface area contributed by atoms with Crippen molar-refractivity contribution in [2.75, 3.05) is 13.2 Å². The van der Waals surface area contributed by atoms with Crippen molar-refractivity contribution >= 4 is 19.8 Å². The standard InChI is InChI=1S/C38H73O8P/c1-3-5-7-9-11-13-15-17-19-21-22-24-26-28-30-32-37(39)44-34-36(35-45-47(41,42)43)46-38(40)33-31-29-27-25-23-20-18-16-14-12-10-8-6-4-2/h17,19,36H,3-16,18,20-35H2,1-2H3,(H2,41,42,43)/b19-17-/t36-/m1/s1. The molecule has 0 saturated carbocycles. The Morgan fingerprint density at radius 3 is 1.30 bits per heavy atom.